The Balaban J connectivity index is 2.01. The minimum atomic E-state index is -1.24. The fraction of sp³-hybridized carbons (Fsp3) is 0.526. The predicted octanol–water partition coefficient (Wildman–Crippen LogP) is 2.54. The molecule has 1 aliphatic heterocycles. The van der Waals surface area contributed by atoms with Crippen molar-refractivity contribution < 1.29 is 23.9 Å². The van der Waals surface area contributed by atoms with Gasteiger partial charge in [-0.1, -0.05) is 20.8 Å². The van der Waals surface area contributed by atoms with Gasteiger partial charge in [0.1, 0.15) is 5.82 Å². The van der Waals surface area contributed by atoms with Crippen molar-refractivity contribution in [2.45, 2.75) is 33.6 Å². The fourth-order valence-corrected chi connectivity index (χ4v) is 2.91. The number of nitrogens with zero attached hydrogens (tertiary/aromatic N) is 1. The summed E-state index contributed by atoms with van der Waals surface area (Å²) in [5.74, 6) is -2.46. The van der Waals surface area contributed by atoms with Crippen LogP contribution in [0.15, 0.2) is 18.2 Å². The highest BCUT2D eigenvalue weighted by Gasteiger charge is 2.28. The molecule has 26 heavy (non-hydrogen) atoms. The maximum absolute atomic E-state index is 14.1. The summed E-state index contributed by atoms with van der Waals surface area (Å²) in [6.45, 7) is 6.93. The maximum atomic E-state index is 14.1. The van der Waals surface area contributed by atoms with Crippen molar-refractivity contribution in [2.24, 2.45) is 11.3 Å². The largest absolute Gasteiger partial charge is 0.478 e. The van der Waals surface area contributed by atoms with Crippen molar-refractivity contribution in [3.05, 3.63) is 35.1 Å². The number of hydrogen-bond donors (Lipinski definition) is 2. The Morgan fingerprint density at radius 1 is 1.31 bits per heavy atom. The lowest BCUT2D eigenvalue weighted by atomic mass is 9.93. The highest BCUT2D eigenvalue weighted by atomic mass is 19.1. The van der Waals surface area contributed by atoms with Gasteiger partial charge >= 0.3 is 5.97 Å². The quantitative estimate of drug-likeness (QED) is 0.860. The van der Waals surface area contributed by atoms with Crippen LogP contribution < -0.4 is 5.32 Å². The summed E-state index contributed by atoms with van der Waals surface area (Å²) in [6, 6.07) is 3.30. The first kappa shape index (κ1) is 19.9. The van der Waals surface area contributed by atoms with E-state index in [1.54, 1.807) is 4.90 Å². The van der Waals surface area contributed by atoms with Crippen molar-refractivity contribution in [3.8, 4) is 0 Å². The third kappa shape index (κ3) is 4.80. The van der Waals surface area contributed by atoms with Gasteiger partial charge in [-0.25, -0.2) is 9.18 Å². The van der Waals surface area contributed by atoms with E-state index in [0.717, 1.165) is 18.9 Å². The smallest absolute Gasteiger partial charge is 0.335 e. The zero-order chi connectivity index (χ0) is 19.5. The van der Waals surface area contributed by atoms with Crippen molar-refractivity contribution in [3.63, 3.8) is 0 Å². The van der Waals surface area contributed by atoms with Crippen LogP contribution in [0.5, 0.6) is 0 Å². The number of nitrogens with one attached hydrogen (secondary N) is 1. The number of amides is 2. The fourth-order valence-electron chi connectivity index (χ4n) is 2.91. The summed E-state index contributed by atoms with van der Waals surface area (Å²) in [5.41, 5.74) is -0.797. The van der Waals surface area contributed by atoms with Crippen molar-refractivity contribution in [2.75, 3.05) is 19.6 Å². The van der Waals surface area contributed by atoms with Gasteiger partial charge in [0, 0.05) is 25.0 Å². The van der Waals surface area contributed by atoms with E-state index in [0.29, 0.717) is 19.6 Å². The number of carboxylic acids is 1. The van der Waals surface area contributed by atoms with Gasteiger partial charge in [0.2, 0.25) is 5.91 Å². The first-order valence-electron chi connectivity index (χ1n) is 8.70. The second-order valence-corrected chi connectivity index (χ2v) is 7.72. The number of aromatic carboxylic acids is 1. The highest BCUT2D eigenvalue weighted by Crippen LogP contribution is 2.21. The van der Waals surface area contributed by atoms with Gasteiger partial charge in [-0.2, -0.15) is 0 Å². The molecule has 7 heteroatoms. The Kier molecular flexibility index (Phi) is 6.00. The Hall–Kier alpha value is -2.44. The molecule has 0 spiro atoms. The van der Waals surface area contributed by atoms with Gasteiger partial charge in [-0.15, -0.1) is 0 Å². The standard InChI is InChI=1S/C19H25FN2O4/c1-19(2,3)18(26)21-10-12-5-4-8-22(11-12)16(23)14-7-6-13(17(24)25)9-15(14)20/h6-7,9,12H,4-5,8,10-11H2,1-3H3,(H,21,26)(H,24,25). The molecule has 1 unspecified atom stereocenters. The second-order valence-electron chi connectivity index (χ2n) is 7.72. The van der Waals surface area contributed by atoms with Crippen LogP contribution in [0.2, 0.25) is 0 Å². The molecule has 0 bridgehead atoms. The lowest BCUT2D eigenvalue weighted by Gasteiger charge is -2.33. The number of hydrogen-bond acceptors (Lipinski definition) is 3. The molecule has 0 aromatic heterocycles. The van der Waals surface area contributed by atoms with E-state index in [9.17, 15) is 18.8 Å². The average molecular weight is 364 g/mol. The van der Waals surface area contributed by atoms with E-state index in [1.807, 2.05) is 20.8 Å². The summed E-state index contributed by atoms with van der Waals surface area (Å²) in [6.07, 6.45) is 1.66. The van der Waals surface area contributed by atoms with Crippen LogP contribution >= 0.6 is 0 Å². The average Bonchev–Trinajstić information content (AvgIpc) is 2.58. The SMILES string of the molecule is CC(C)(C)C(=O)NCC1CCCN(C(=O)c2ccc(C(=O)O)cc2F)C1. The van der Waals surface area contributed by atoms with Gasteiger partial charge in [-0.05, 0) is 37.0 Å². The van der Waals surface area contributed by atoms with Crippen LogP contribution in [-0.2, 0) is 4.79 Å². The Labute approximate surface area is 152 Å². The maximum Gasteiger partial charge on any atom is 0.335 e. The lowest BCUT2D eigenvalue weighted by molar-refractivity contribution is -0.128. The number of carbonyl (C=O) groups is 3. The molecule has 2 rings (SSSR count). The van der Waals surface area contributed by atoms with E-state index in [2.05, 4.69) is 5.32 Å². The number of rotatable bonds is 4. The summed E-state index contributed by atoms with van der Waals surface area (Å²) >= 11 is 0. The summed E-state index contributed by atoms with van der Waals surface area (Å²) in [4.78, 5) is 37.0. The molecule has 142 valence electrons. The Bertz CT molecular complexity index is 712. The molecular formula is C19H25FN2O4. The van der Waals surface area contributed by atoms with Crippen LogP contribution in [0.3, 0.4) is 0 Å². The van der Waals surface area contributed by atoms with Gasteiger partial charge in [0.05, 0.1) is 11.1 Å². The van der Waals surface area contributed by atoms with Crippen molar-refractivity contribution >= 4 is 17.8 Å². The van der Waals surface area contributed by atoms with Gasteiger partial charge < -0.3 is 15.3 Å². The normalized spacial score (nSPS) is 17.7. The van der Waals surface area contributed by atoms with Crippen molar-refractivity contribution in [1.82, 2.24) is 10.2 Å². The predicted molar refractivity (Wildman–Crippen MR) is 94.5 cm³/mol. The molecule has 1 aromatic carbocycles. The summed E-state index contributed by atoms with van der Waals surface area (Å²) in [5, 5.41) is 11.8. The second kappa shape index (κ2) is 7.85. The Morgan fingerprint density at radius 2 is 2.00 bits per heavy atom. The van der Waals surface area contributed by atoms with E-state index < -0.39 is 23.1 Å². The minimum absolute atomic E-state index is 0.0451. The third-order valence-electron chi connectivity index (χ3n) is 4.49. The van der Waals surface area contributed by atoms with Crippen LogP contribution in [0, 0.1) is 17.2 Å². The molecule has 0 aliphatic carbocycles. The third-order valence-corrected chi connectivity index (χ3v) is 4.49. The molecule has 1 saturated heterocycles. The number of likely N-dealkylation sites (tertiary alicyclic amines) is 1. The highest BCUT2D eigenvalue weighted by molar-refractivity contribution is 5.96. The van der Waals surface area contributed by atoms with E-state index in [4.69, 9.17) is 5.11 Å². The number of benzene rings is 1. The molecule has 2 amide bonds. The number of carboxylic acid groups (broad SMARTS) is 1. The molecule has 1 atom stereocenters. The summed E-state index contributed by atoms with van der Waals surface area (Å²) < 4.78 is 14.1. The van der Waals surface area contributed by atoms with Crippen molar-refractivity contribution in [1.29, 1.82) is 0 Å². The van der Waals surface area contributed by atoms with Crippen LogP contribution in [0.25, 0.3) is 0 Å². The van der Waals surface area contributed by atoms with Crippen LogP contribution in [0.1, 0.15) is 54.3 Å². The van der Waals surface area contributed by atoms with Gasteiger partial charge in [0.15, 0.2) is 0 Å². The van der Waals surface area contributed by atoms with Gasteiger partial charge in [0.25, 0.3) is 5.91 Å². The first-order chi connectivity index (χ1) is 12.1. The molecule has 0 radical (unpaired) electrons. The molecule has 1 aromatic rings. The lowest BCUT2D eigenvalue weighted by Crippen LogP contribution is -2.45. The number of piperidine rings is 1. The molecule has 1 fully saturated rings. The molecule has 1 heterocycles. The zero-order valence-electron chi connectivity index (χ0n) is 15.3. The number of halogens is 1. The van der Waals surface area contributed by atoms with E-state index in [-0.39, 0.29) is 23.0 Å². The molecule has 1 aliphatic rings. The molecule has 0 saturated carbocycles. The molecule has 6 nitrogen and oxygen atoms in total. The Morgan fingerprint density at radius 3 is 2.58 bits per heavy atom. The first-order valence-corrected chi connectivity index (χ1v) is 8.70. The monoisotopic (exact) mass is 364 g/mol. The van der Waals surface area contributed by atoms with Crippen LogP contribution in [0.4, 0.5) is 4.39 Å². The van der Waals surface area contributed by atoms with Crippen LogP contribution in [-0.4, -0.2) is 47.4 Å². The molecule has 2 N–H and O–H groups in total. The van der Waals surface area contributed by atoms with E-state index in [1.165, 1.54) is 12.1 Å². The minimum Gasteiger partial charge on any atom is -0.478 e. The zero-order valence-corrected chi connectivity index (χ0v) is 15.3. The molecular weight excluding hydrogens is 339 g/mol. The van der Waals surface area contributed by atoms with Gasteiger partial charge in [-0.3, -0.25) is 9.59 Å². The summed E-state index contributed by atoms with van der Waals surface area (Å²) in [7, 11) is 0. The van der Waals surface area contributed by atoms with E-state index >= 15 is 0 Å². The topological polar surface area (TPSA) is 86.7 Å². The number of carbonyl (C=O) groups excluding carboxylic acids is 2.